The number of hydrogen-bond donors (Lipinski definition) is 3. The predicted octanol–water partition coefficient (Wildman–Crippen LogP) is 4.72. The number of amides is 2. The van der Waals surface area contributed by atoms with Gasteiger partial charge < -0.3 is 20.4 Å². The minimum absolute atomic E-state index is 0.105. The molecular formula is C18H11ClF2N6O2. The van der Waals surface area contributed by atoms with E-state index in [9.17, 15) is 13.6 Å². The number of rotatable bonds is 4. The maximum atomic E-state index is 14.5. The molecule has 0 atom stereocenters. The van der Waals surface area contributed by atoms with Gasteiger partial charge in [-0.15, -0.1) is 0 Å². The molecule has 8 nitrogen and oxygen atoms in total. The molecule has 0 spiro atoms. The van der Waals surface area contributed by atoms with Crippen molar-refractivity contribution in [2.24, 2.45) is 0 Å². The Morgan fingerprint density at radius 2 is 1.83 bits per heavy atom. The minimum Gasteiger partial charge on any atom is -0.450 e. The summed E-state index contributed by atoms with van der Waals surface area (Å²) in [7, 11) is 0. The second-order valence-electron chi connectivity index (χ2n) is 5.75. The molecule has 0 aliphatic carbocycles. The molecule has 3 aromatic heterocycles. The predicted molar refractivity (Wildman–Crippen MR) is 102 cm³/mol. The molecular weight excluding hydrogens is 406 g/mol. The number of ether oxygens (including phenoxy) is 1. The molecule has 0 saturated carbocycles. The van der Waals surface area contributed by atoms with E-state index in [0.717, 1.165) is 12.1 Å². The SMILES string of the molecule is O=C(Nc1ccnnc1)Nc1cc(F)c(Oc2ccnc3[nH]cc(Cl)c23)c(F)c1. The number of nitrogens with one attached hydrogen (secondary N) is 3. The first-order valence-corrected chi connectivity index (χ1v) is 8.52. The summed E-state index contributed by atoms with van der Waals surface area (Å²) >= 11 is 6.07. The van der Waals surface area contributed by atoms with Crippen LogP contribution in [0.15, 0.2) is 49.1 Å². The number of anilines is 2. The average molecular weight is 417 g/mol. The highest BCUT2D eigenvalue weighted by Gasteiger charge is 2.18. The molecule has 3 heterocycles. The molecule has 0 bridgehead atoms. The number of fused-ring (bicyclic) bond motifs is 1. The molecule has 0 unspecified atom stereocenters. The number of benzene rings is 1. The summed E-state index contributed by atoms with van der Waals surface area (Å²) in [6, 6.07) is 4.09. The number of carbonyl (C=O) groups is 1. The second-order valence-corrected chi connectivity index (χ2v) is 6.16. The Kier molecular flexibility index (Phi) is 4.92. The lowest BCUT2D eigenvalue weighted by atomic mass is 10.2. The van der Waals surface area contributed by atoms with Gasteiger partial charge in [0, 0.05) is 30.2 Å². The highest BCUT2D eigenvalue weighted by Crippen LogP contribution is 2.36. The van der Waals surface area contributed by atoms with Crippen molar-refractivity contribution in [1.29, 1.82) is 0 Å². The van der Waals surface area contributed by atoms with Crippen LogP contribution in [0.3, 0.4) is 0 Å². The lowest BCUT2D eigenvalue weighted by molar-refractivity contribution is 0.262. The molecule has 0 saturated heterocycles. The van der Waals surface area contributed by atoms with Crippen molar-refractivity contribution in [3.8, 4) is 11.5 Å². The highest BCUT2D eigenvalue weighted by molar-refractivity contribution is 6.36. The third-order valence-electron chi connectivity index (χ3n) is 3.80. The zero-order valence-electron chi connectivity index (χ0n) is 14.4. The number of aromatic amines is 1. The number of hydrogen-bond acceptors (Lipinski definition) is 5. The summed E-state index contributed by atoms with van der Waals surface area (Å²) < 4.78 is 34.4. The molecule has 4 aromatic rings. The molecule has 0 aliphatic heterocycles. The van der Waals surface area contributed by atoms with Gasteiger partial charge in [-0.25, -0.2) is 18.6 Å². The van der Waals surface area contributed by atoms with E-state index in [0.29, 0.717) is 21.7 Å². The van der Waals surface area contributed by atoms with Crippen molar-refractivity contribution in [2.75, 3.05) is 10.6 Å². The lowest BCUT2D eigenvalue weighted by Gasteiger charge is -2.12. The number of halogens is 3. The van der Waals surface area contributed by atoms with E-state index in [4.69, 9.17) is 16.3 Å². The van der Waals surface area contributed by atoms with Crippen molar-refractivity contribution in [3.05, 3.63) is 65.7 Å². The Balaban J connectivity index is 1.55. The second kappa shape index (κ2) is 7.68. The van der Waals surface area contributed by atoms with Gasteiger partial charge in [0.25, 0.3) is 0 Å². The van der Waals surface area contributed by atoms with Crippen LogP contribution < -0.4 is 15.4 Å². The van der Waals surface area contributed by atoms with Crippen LogP contribution in [-0.2, 0) is 0 Å². The molecule has 0 fully saturated rings. The fraction of sp³-hybridized carbons (Fsp3) is 0. The number of aromatic nitrogens is 4. The van der Waals surface area contributed by atoms with Gasteiger partial charge in [-0.3, -0.25) is 0 Å². The van der Waals surface area contributed by atoms with Crippen molar-refractivity contribution < 1.29 is 18.3 Å². The van der Waals surface area contributed by atoms with Gasteiger partial charge in [-0.1, -0.05) is 11.6 Å². The first-order chi connectivity index (χ1) is 14.0. The van der Waals surface area contributed by atoms with Gasteiger partial charge in [-0.05, 0) is 12.1 Å². The maximum absolute atomic E-state index is 14.5. The number of H-pyrrole nitrogens is 1. The Bertz CT molecular complexity index is 1180. The number of nitrogens with zero attached hydrogens (tertiary/aromatic N) is 3. The summed E-state index contributed by atoms with van der Waals surface area (Å²) in [4.78, 5) is 18.8. The molecule has 3 N–H and O–H groups in total. The molecule has 1 aromatic carbocycles. The third kappa shape index (κ3) is 3.92. The van der Waals surface area contributed by atoms with E-state index in [-0.39, 0.29) is 11.4 Å². The average Bonchev–Trinajstić information content (AvgIpc) is 3.07. The van der Waals surface area contributed by atoms with Crippen LogP contribution in [-0.4, -0.2) is 26.2 Å². The molecule has 29 heavy (non-hydrogen) atoms. The highest BCUT2D eigenvalue weighted by atomic mass is 35.5. The van der Waals surface area contributed by atoms with Crippen LogP contribution in [0.1, 0.15) is 0 Å². The van der Waals surface area contributed by atoms with Crippen molar-refractivity contribution in [3.63, 3.8) is 0 Å². The van der Waals surface area contributed by atoms with E-state index in [1.807, 2.05) is 0 Å². The Labute approximate surface area is 166 Å². The topological polar surface area (TPSA) is 105 Å². The van der Waals surface area contributed by atoms with Crippen molar-refractivity contribution in [1.82, 2.24) is 20.2 Å². The monoisotopic (exact) mass is 416 g/mol. The molecule has 0 radical (unpaired) electrons. The Hall–Kier alpha value is -3.79. The van der Waals surface area contributed by atoms with Gasteiger partial charge in [0.2, 0.25) is 0 Å². The van der Waals surface area contributed by atoms with E-state index in [2.05, 4.69) is 30.8 Å². The standard InChI is InChI=1S/C18H11ClF2N6O2/c19-11-8-23-17-15(11)14(2-3-22-17)29-16-12(20)5-10(6-13(16)21)27-18(28)26-9-1-4-24-25-7-9/h1-8H,(H,22,23)(H2,24,26,27,28). The van der Waals surface area contributed by atoms with E-state index < -0.39 is 23.4 Å². The molecule has 2 amide bonds. The van der Waals surface area contributed by atoms with Crippen LogP contribution in [0.25, 0.3) is 11.0 Å². The summed E-state index contributed by atoms with van der Waals surface area (Å²) in [6.07, 6.45) is 5.60. The number of pyridine rings is 1. The first kappa shape index (κ1) is 18.6. The zero-order chi connectivity index (χ0) is 20.4. The Morgan fingerprint density at radius 3 is 2.55 bits per heavy atom. The fourth-order valence-electron chi connectivity index (χ4n) is 2.57. The normalized spacial score (nSPS) is 10.7. The van der Waals surface area contributed by atoms with Crippen molar-refractivity contribution in [2.45, 2.75) is 0 Å². The van der Waals surface area contributed by atoms with Crippen LogP contribution in [0.4, 0.5) is 25.0 Å². The zero-order valence-corrected chi connectivity index (χ0v) is 15.2. The summed E-state index contributed by atoms with van der Waals surface area (Å²) in [5.41, 5.74) is 0.670. The van der Waals surface area contributed by atoms with Gasteiger partial charge in [0.1, 0.15) is 11.4 Å². The van der Waals surface area contributed by atoms with Crippen LogP contribution >= 0.6 is 11.6 Å². The molecule has 146 valence electrons. The van der Waals surface area contributed by atoms with E-state index >= 15 is 0 Å². The van der Waals surface area contributed by atoms with Crippen LogP contribution in [0.2, 0.25) is 5.02 Å². The quantitative estimate of drug-likeness (QED) is 0.446. The first-order valence-electron chi connectivity index (χ1n) is 8.14. The van der Waals surface area contributed by atoms with E-state index in [1.165, 1.54) is 36.9 Å². The summed E-state index contributed by atoms with van der Waals surface area (Å²) in [5.74, 6) is -2.54. The maximum Gasteiger partial charge on any atom is 0.323 e. The fourth-order valence-corrected chi connectivity index (χ4v) is 2.81. The lowest BCUT2D eigenvalue weighted by Crippen LogP contribution is -2.19. The largest absolute Gasteiger partial charge is 0.450 e. The van der Waals surface area contributed by atoms with Gasteiger partial charge in [0.05, 0.1) is 28.5 Å². The third-order valence-corrected chi connectivity index (χ3v) is 4.10. The van der Waals surface area contributed by atoms with Crippen molar-refractivity contribution >= 4 is 40.0 Å². The van der Waals surface area contributed by atoms with Gasteiger partial charge in [-0.2, -0.15) is 10.2 Å². The summed E-state index contributed by atoms with van der Waals surface area (Å²) in [6.45, 7) is 0. The number of urea groups is 1. The molecule has 11 heteroatoms. The molecule has 4 rings (SSSR count). The summed E-state index contributed by atoms with van der Waals surface area (Å²) in [5, 5.41) is 12.6. The van der Waals surface area contributed by atoms with Crippen LogP contribution in [0, 0.1) is 11.6 Å². The van der Waals surface area contributed by atoms with Crippen LogP contribution in [0.5, 0.6) is 11.5 Å². The van der Waals surface area contributed by atoms with E-state index in [1.54, 1.807) is 0 Å². The molecule has 0 aliphatic rings. The number of carbonyl (C=O) groups excluding carboxylic acids is 1. The van der Waals surface area contributed by atoms with Gasteiger partial charge in [0.15, 0.2) is 17.4 Å². The van der Waals surface area contributed by atoms with Gasteiger partial charge >= 0.3 is 6.03 Å². The minimum atomic E-state index is -1.01. The smallest absolute Gasteiger partial charge is 0.323 e. The Morgan fingerprint density at radius 1 is 1.07 bits per heavy atom.